The minimum atomic E-state index is -0.271. The maximum Gasteiger partial charge on any atom is 0.273 e. The lowest BCUT2D eigenvalue weighted by Gasteiger charge is -2.38. The van der Waals surface area contributed by atoms with Crippen molar-refractivity contribution in [1.82, 2.24) is 20.1 Å². The van der Waals surface area contributed by atoms with Crippen molar-refractivity contribution >= 4 is 11.8 Å². The number of aromatic nitrogens is 1. The summed E-state index contributed by atoms with van der Waals surface area (Å²) >= 11 is 0. The molecule has 3 aromatic rings. The fraction of sp³-hybridized carbons (Fsp3) is 0.414. The summed E-state index contributed by atoms with van der Waals surface area (Å²) in [7, 11) is 3.90. The van der Waals surface area contributed by atoms with Crippen molar-refractivity contribution in [3.63, 3.8) is 0 Å². The zero-order valence-electron chi connectivity index (χ0n) is 21.7. The fourth-order valence-corrected chi connectivity index (χ4v) is 4.70. The van der Waals surface area contributed by atoms with Crippen LogP contribution in [0.4, 0.5) is 0 Å². The predicted octanol–water partition coefficient (Wildman–Crippen LogP) is 3.74. The molecule has 2 heterocycles. The van der Waals surface area contributed by atoms with Gasteiger partial charge in [0.05, 0.1) is 6.04 Å². The molecule has 0 radical (unpaired) electrons. The summed E-state index contributed by atoms with van der Waals surface area (Å²) in [5.74, 6) is 1.14. The van der Waals surface area contributed by atoms with Crippen molar-refractivity contribution in [3.8, 4) is 5.75 Å². The highest BCUT2D eigenvalue weighted by Gasteiger charge is 2.39. The number of nitrogens with zero attached hydrogens (tertiary/aromatic N) is 3. The number of carbonyl (C=O) groups excluding carboxylic acids is 2. The first-order valence-corrected chi connectivity index (χ1v) is 12.9. The van der Waals surface area contributed by atoms with E-state index in [1.54, 1.807) is 0 Å². The van der Waals surface area contributed by atoms with Crippen molar-refractivity contribution in [1.29, 1.82) is 0 Å². The van der Waals surface area contributed by atoms with E-state index < -0.39 is 0 Å². The van der Waals surface area contributed by atoms with Crippen LogP contribution in [0, 0.1) is 12.8 Å². The van der Waals surface area contributed by atoms with E-state index >= 15 is 0 Å². The smallest absolute Gasteiger partial charge is 0.273 e. The van der Waals surface area contributed by atoms with Gasteiger partial charge in [-0.15, -0.1) is 0 Å². The Balaban J connectivity index is 1.32. The topological polar surface area (TPSA) is 87.9 Å². The third-order valence-electron chi connectivity index (χ3n) is 6.94. The highest BCUT2D eigenvalue weighted by molar-refractivity contribution is 5.91. The average molecular weight is 503 g/mol. The van der Waals surface area contributed by atoms with Gasteiger partial charge in [-0.05, 0) is 69.1 Å². The minimum absolute atomic E-state index is 0.101. The van der Waals surface area contributed by atoms with Gasteiger partial charge in [0.15, 0.2) is 12.3 Å². The van der Waals surface area contributed by atoms with E-state index in [0.717, 1.165) is 43.5 Å². The molecule has 0 bridgehead atoms. The summed E-state index contributed by atoms with van der Waals surface area (Å²) in [4.78, 5) is 33.8. The number of amides is 2. The summed E-state index contributed by atoms with van der Waals surface area (Å²) in [6.45, 7) is 4.16. The van der Waals surface area contributed by atoms with Gasteiger partial charge in [0.25, 0.3) is 5.91 Å². The fourth-order valence-electron chi connectivity index (χ4n) is 4.70. The van der Waals surface area contributed by atoms with Crippen LogP contribution in [0.25, 0.3) is 0 Å². The van der Waals surface area contributed by atoms with E-state index in [1.807, 2.05) is 36.0 Å². The molecule has 8 heteroatoms. The van der Waals surface area contributed by atoms with Gasteiger partial charge in [-0.1, -0.05) is 35.9 Å². The summed E-state index contributed by atoms with van der Waals surface area (Å²) in [6, 6.07) is 14.4. The van der Waals surface area contributed by atoms with Crippen LogP contribution in [-0.4, -0.2) is 60.3 Å². The van der Waals surface area contributed by atoms with Crippen LogP contribution in [0.5, 0.6) is 5.75 Å². The van der Waals surface area contributed by atoms with E-state index in [2.05, 4.69) is 47.6 Å². The van der Waals surface area contributed by atoms with E-state index in [0.29, 0.717) is 18.2 Å². The highest BCUT2D eigenvalue weighted by atomic mass is 16.5. The Bertz CT molecular complexity index is 1260. The van der Waals surface area contributed by atoms with Gasteiger partial charge in [0.2, 0.25) is 11.8 Å². The average Bonchev–Trinajstić information content (AvgIpc) is 3.63. The number of rotatable bonds is 9. The second-order valence-electron chi connectivity index (χ2n) is 10.2. The van der Waals surface area contributed by atoms with Crippen LogP contribution in [0.3, 0.4) is 0 Å². The molecule has 1 atom stereocenters. The van der Waals surface area contributed by atoms with Crippen molar-refractivity contribution in [3.05, 3.63) is 82.6 Å². The number of aryl methyl sites for hydroxylation is 1. The zero-order chi connectivity index (χ0) is 25.9. The molecule has 1 aliphatic heterocycles. The number of carbonyl (C=O) groups is 2. The predicted molar refractivity (Wildman–Crippen MR) is 139 cm³/mol. The normalized spacial score (nSPS) is 17.0. The Kier molecular flexibility index (Phi) is 7.28. The molecule has 2 aromatic carbocycles. The van der Waals surface area contributed by atoms with E-state index in [-0.39, 0.29) is 36.1 Å². The number of hydrogen-bond acceptors (Lipinski definition) is 6. The van der Waals surface area contributed by atoms with Gasteiger partial charge in [-0.3, -0.25) is 9.59 Å². The first-order valence-electron chi connectivity index (χ1n) is 12.9. The molecule has 37 heavy (non-hydrogen) atoms. The number of nitrogens with one attached hydrogen (secondary N) is 1. The van der Waals surface area contributed by atoms with E-state index in [9.17, 15) is 9.59 Å². The van der Waals surface area contributed by atoms with Gasteiger partial charge in [0, 0.05) is 25.6 Å². The molecule has 2 amide bonds. The maximum absolute atomic E-state index is 13.2. The molecule has 2 aliphatic rings. The van der Waals surface area contributed by atoms with Gasteiger partial charge < -0.3 is 24.3 Å². The molecule has 0 saturated heterocycles. The second kappa shape index (κ2) is 10.8. The Hall–Kier alpha value is -3.65. The number of ether oxygens (including phenoxy) is 1. The molecular weight excluding hydrogens is 468 g/mol. The lowest BCUT2D eigenvalue weighted by atomic mass is 9.87. The number of hydrogen-bond donors (Lipinski definition) is 1. The van der Waals surface area contributed by atoms with Crippen LogP contribution in [0.1, 0.15) is 57.5 Å². The standard InChI is InChI=1S/C29H34N4O4/c1-19-4-6-21(7-5-19)27-24-16-23(11-10-20(24)12-14-33(27)29(35)22-8-9-22)36-18-26-31-25(17-37-26)28(34)30-13-15-32(2)3/h4-7,10-11,16-17,22,27H,8-9,12-15,18H2,1-3H3,(H,30,34)/t27-/m1/s1. The lowest BCUT2D eigenvalue weighted by molar-refractivity contribution is -0.134. The molecule has 1 aliphatic carbocycles. The molecule has 1 N–H and O–H groups in total. The third kappa shape index (κ3) is 5.85. The molecule has 194 valence electrons. The largest absolute Gasteiger partial charge is 0.484 e. The van der Waals surface area contributed by atoms with Crippen LogP contribution in [-0.2, 0) is 17.8 Å². The van der Waals surface area contributed by atoms with Crippen molar-refractivity contribution in [2.75, 3.05) is 33.7 Å². The Labute approximate surface area is 217 Å². The number of fused-ring (bicyclic) bond motifs is 1. The summed E-state index contributed by atoms with van der Waals surface area (Å²) < 4.78 is 11.5. The molecule has 0 spiro atoms. The molecule has 1 saturated carbocycles. The number of benzene rings is 2. The lowest BCUT2D eigenvalue weighted by Crippen LogP contribution is -2.41. The number of oxazole rings is 1. The monoisotopic (exact) mass is 502 g/mol. The molecule has 1 fully saturated rings. The van der Waals surface area contributed by atoms with Crippen molar-refractivity contribution in [2.45, 2.75) is 38.8 Å². The Morgan fingerprint density at radius 1 is 1.16 bits per heavy atom. The quantitative estimate of drug-likeness (QED) is 0.480. The number of likely N-dealkylation sites (N-methyl/N-ethyl adjacent to an activating group) is 1. The van der Waals surface area contributed by atoms with Crippen molar-refractivity contribution < 1.29 is 18.7 Å². The van der Waals surface area contributed by atoms with Crippen LogP contribution < -0.4 is 10.1 Å². The first-order chi connectivity index (χ1) is 17.9. The van der Waals surface area contributed by atoms with Crippen LogP contribution in [0.2, 0.25) is 0 Å². The van der Waals surface area contributed by atoms with Gasteiger partial charge in [-0.25, -0.2) is 4.98 Å². The van der Waals surface area contributed by atoms with Crippen molar-refractivity contribution in [2.24, 2.45) is 5.92 Å². The Morgan fingerprint density at radius 3 is 2.68 bits per heavy atom. The Morgan fingerprint density at radius 2 is 1.95 bits per heavy atom. The molecule has 0 unspecified atom stereocenters. The summed E-state index contributed by atoms with van der Waals surface area (Å²) in [5.41, 5.74) is 4.85. The van der Waals surface area contributed by atoms with Gasteiger partial charge in [0.1, 0.15) is 12.0 Å². The van der Waals surface area contributed by atoms with Crippen LogP contribution >= 0.6 is 0 Å². The first kappa shape index (κ1) is 25.0. The molecule has 5 rings (SSSR count). The molecule has 8 nitrogen and oxygen atoms in total. The summed E-state index contributed by atoms with van der Waals surface area (Å²) in [6.07, 6.45) is 4.14. The molecular formula is C29H34N4O4. The molecule has 1 aromatic heterocycles. The highest BCUT2D eigenvalue weighted by Crippen LogP contribution is 2.41. The maximum atomic E-state index is 13.2. The van der Waals surface area contributed by atoms with Gasteiger partial charge in [-0.2, -0.15) is 0 Å². The summed E-state index contributed by atoms with van der Waals surface area (Å²) in [5, 5.41) is 2.82. The second-order valence-corrected chi connectivity index (χ2v) is 10.2. The van der Waals surface area contributed by atoms with Gasteiger partial charge >= 0.3 is 0 Å². The third-order valence-corrected chi connectivity index (χ3v) is 6.94. The van der Waals surface area contributed by atoms with E-state index in [4.69, 9.17) is 9.15 Å². The van der Waals surface area contributed by atoms with E-state index in [1.165, 1.54) is 17.4 Å². The SMILES string of the molecule is Cc1ccc([C@@H]2c3cc(OCc4nc(C(=O)NCCN(C)C)co4)ccc3CCN2C(=O)C2CC2)cc1. The zero-order valence-corrected chi connectivity index (χ0v) is 21.7. The minimum Gasteiger partial charge on any atom is -0.484 e. The van der Waals surface area contributed by atoms with Crippen LogP contribution in [0.15, 0.2) is 53.1 Å².